The minimum Gasteiger partial charge on any atom is -0.464 e. The third-order valence-electron chi connectivity index (χ3n) is 2.86. The monoisotopic (exact) mass is 245 g/mol. The van der Waals surface area contributed by atoms with Gasteiger partial charge in [0, 0.05) is 16.7 Å². The van der Waals surface area contributed by atoms with Crippen LogP contribution in [0, 0.1) is 6.92 Å². The molecule has 17 heavy (non-hydrogen) atoms. The van der Waals surface area contributed by atoms with Crippen molar-refractivity contribution in [3.05, 3.63) is 59.1 Å². The number of nitrogens with zero attached hydrogens (tertiary/aromatic N) is 1. The first-order chi connectivity index (χ1) is 8.22. The molecule has 0 aliphatic rings. The Kier molecular flexibility index (Phi) is 2.45. The van der Waals surface area contributed by atoms with Crippen LogP contribution in [0.15, 0.2) is 47.0 Å². The third-order valence-corrected chi connectivity index (χ3v) is 3.09. The standard InChI is InChI=1S/C14H12ClNO/c1-10-2-5-13(17-10)9-16-7-6-11-3-4-12(15)8-14(11)16/h2-8H,9H2,1H3. The van der Waals surface area contributed by atoms with Crippen molar-refractivity contribution >= 4 is 22.5 Å². The smallest absolute Gasteiger partial charge is 0.123 e. The summed E-state index contributed by atoms with van der Waals surface area (Å²) < 4.78 is 7.72. The second kappa shape index (κ2) is 3.97. The van der Waals surface area contributed by atoms with Crippen molar-refractivity contribution in [1.29, 1.82) is 0 Å². The highest BCUT2D eigenvalue weighted by Crippen LogP contribution is 2.21. The average molecular weight is 246 g/mol. The van der Waals surface area contributed by atoms with Crippen molar-refractivity contribution in [3.8, 4) is 0 Å². The summed E-state index contributed by atoms with van der Waals surface area (Å²) in [5.41, 5.74) is 1.13. The van der Waals surface area contributed by atoms with Gasteiger partial charge in [-0.25, -0.2) is 0 Å². The third kappa shape index (κ3) is 1.96. The molecule has 3 rings (SSSR count). The first-order valence-electron chi connectivity index (χ1n) is 5.52. The summed E-state index contributed by atoms with van der Waals surface area (Å²) >= 11 is 6.02. The molecular formula is C14H12ClNO. The highest BCUT2D eigenvalue weighted by atomic mass is 35.5. The van der Waals surface area contributed by atoms with E-state index in [0.717, 1.165) is 28.6 Å². The number of aromatic nitrogens is 1. The van der Waals surface area contributed by atoms with Crippen molar-refractivity contribution < 1.29 is 4.42 Å². The zero-order chi connectivity index (χ0) is 11.8. The van der Waals surface area contributed by atoms with Gasteiger partial charge in [-0.1, -0.05) is 17.7 Å². The zero-order valence-corrected chi connectivity index (χ0v) is 10.2. The van der Waals surface area contributed by atoms with E-state index in [1.165, 1.54) is 5.39 Å². The van der Waals surface area contributed by atoms with Crippen molar-refractivity contribution in [2.45, 2.75) is 13.5 Å². The zero-order valence-electron chi connectivity index (χ0n) is 9.48. The number of aryl methyl sites for hydroxylation is 1. The topological polar surface area (TPSA) is 18.1 Å². The quantitative estimate of drug-likeness (QED) is 0.660. The first kappa shape index (κ1) is 10.5. The Morgan fingerprint density at radius 2 is 2.06 bits per heavy atom. The molecule has 0 saturated heterocycles. The number of rotatable bonds is 2. The summed E-state index contributed by atoms with van der Waals surface area (Å²) in [6, 6.07) is 12.0. The maximum absolute atomic E-state index is 6.02. The summed E-state index contributed by atoms with van der Waals surface area (Å²) in [5.74, 6) is 1.90. The second-order valence-electron chi connectivity index (χ2n) is 4.16. The molecule has 0 aliphatic heterocycles. The molecule has 0 aliphatic carbocycles. The second-order valence-corrected chi connectivity index (χ2v) is 4.60. The van der Waals surface area contributed by atoms with E-state index in [1.54, 1.807) is 0 Å². The lowest BCUT2D eigenvalue weighted by atomic mass is 10.2. The Morgan fingerprint density at radius 3 is 2.82 bits per heavy atom. The van der Waals surface area contributed by atoms with Gasteiger partial charge in [-0.05, 0) is 42.6 Å². The van der Waals surface area contributed by atoms with Crippen molar-refractivity contribution in [3.63, 3.8) is 0 Å². The molecule has 2 aromatic heterocycles. The van der Waals surface area contributed by atoms with Crippen molar-refractivity contribution in [2.75, 3.05) is 0 Å². The van der Waals surface area contributed by atoms with Crippen LogP contribution in [0.25, 0.3) is 10.9 Å². The van der Waals surface area contributed by atoms with E-state index in [4.69, 9.17) is 16.0 Å². The molecule has 0 radical (unpaired) electrons. The molecule has 86 valence electrons. The van der Waals surface area contributed by atoms with E-state index in [9.17, 15) is 0 Å². The van der Waals surface area contributed by atoms with Crippen molar-refractivity contribution in [2.24, 2.45) is 0 Å². The van der Waals surface area contributed by atoms with Gasteiger partial charge < -0.3 is 8.98 Å². The lowest BCUT2D eigenvalue weighted by Gasteiger charge is -2.03. The number of fused-ring (bicyclic) bond motifs is 1. The van der Waals surface area contributed by atoms with Gasteiger partial charge in [-0.2, -0.15) is 0 Å². The highest BCUT2D eigenvalue weighted by molar-refractivity contribution is 6.31. The molecular weight excluding hydrogens is 234 g/mol. The van der Waals surface area contributed by atoms with Crippen LogP contribution in [0.3, 0.4) is 0 Å². The summed E-state index contributed by atoms with van der Waals surface area (Å²) in [7, 11) is 0. The fourth-order valence-corrected chi connectivity index (χ4v) is 2.20. The van der Waals surface area contributed by atoms with Gasteiger partial charge in [0.05, 0.1) is 6.54 Å². The number of halogens is 1. The molecule has 0 bridgehead atoms. The predicted molar refractivity (Wildman–Crippen MR) is 69.5 cm³/mol. The van der Waals surface area contributed by atoms with Gasteiger partial charge in [-0.3, -0.25) is 0 Å². The molecule has 0 spiro atoms. The first-order valence-corrected chi connectivity index (χ1v) is 5.90. The maximum Gasteiger partial charge on any atom is 0.123 e. The number of hydrogen-bond donors (Lipinski definition) is 0. The molecule has 0 N–H and O–H groups in total. The predicted octanol–water partition coefficient (Wildman–Crippen LogP) is 4.24. The van der Waals surface area contributed by atoms with Crippen LogP contribution in [-0.2, 0) is 6.54 Å². The van der Waals surface area contributed by atoms with E-state index in [0.29, 0.717) is 0 Å². The summed E-state index contributed by atoms with van der Waals surface area (Å²) in [5, 5.41) is 1.95. The average Bonchev–Trinajstić information content (AvgIpc) is 2.87. The molecule has 1 aromatic carbocycles. The summed E-state index contributed by atoms with van der Waals surface area (Å²) in [6.07, 6.45) is 2.05. The maximum atomic E-state index is 6.02. The van der Waals surface area contributed by atoms with Crippen LogP contribution >= 0.6 is 11.6 Å². The summed E-state index contributed by atoms with van der Waals surface area (Å²) in [6.45, 7) is 2.69. The number of hydrogen-bond acceptors (Lipinski definition) is 1. The van der Waals surface area contributed by atoms with Crippen LogP contribution in [0.5, 0.6) is 0 Å². The highest BCUT2D eigenvalue weighted by Gasteiger charge is 2.04. The van der Waals surface area contributed by atoms with E-state index < -0.39 is 0 Å². The van der Waals surface area contributed by atoms with Crippen LogP contribution in [0.4, 0.5) is 0 Å². The van der Waals surface area contributed by atoms with E-state index in [2.05, 4.69) is 16.8 Å². The van der Waals surface area contributed by atoms with Crippen LogP contribution in [0.2, 0.25) is 5.02 Å². The molecule has 0 atom stereocenters. The summed E-state index contributed by atoms with van der Waals surface area (Å²) in [4.78, 5) is 0. The Balaban J connectivity index is 2.03. The Morgan fingerprint density at radius 1 is 1.18 bits per heavy atom. The molecule has 2 nitrogen and oxygen atoms in total. The lowest BCUT2D eigenvalue weighted by Crippen LogP contribution is -1.95. The molecule has 2 heterocycles. The van der Waals surface area contributed by atoms with Gasteiger partial charge in [0.2, 0.25) is 0 Å². The fourth-order valence-electron chi connectivity index (χ4n) is 2.03. The van der Waals surface area contributed by atoms with Gasteiger partial charge >= 0.3 is 0 Å². The normalized spacial score (nSPS) is 11.2. The molecule has 3 aromatic rings. The molecule has 0 fully saturated rings. The largest absolute Gasteiger partial charge is 0.464 e. The van der Waals surface area contributed by atoms with Gasteiger partial charge in [0.25, 0.3) is 0 Å². The Labute approximate surface area is 104 Å². The number of benzene rings is 1. The van der Waals surface area contributed by atoms with Crippen LogP contribution in [-0.4, -0.2) is 4.57 Å². The lowest BCUT2D eigenvalue weighted by molar-refractivity contribution is 0.473. The molecule has 3 heteroatoms. The molecule has 0 saturated carbocycles. The van der Waals surface area contributed by atoms with Gasteiger partial charge in [0.15, 0.2) is 0 Å². The van der Waals surface area contributed by atoms with Gasteiger partial charge in [-0.15, -0.1) is 0 Å². The Bertz CT molecular complexity index is 666. The SMILES string of the molecule is Cc1ccc(Cn2ccc3ccc(Cl)cc32)o1. The Hall–Kier alpha value is -1.67. The molecule has 0 amide bonds. The number of furan rings is 1. The van der Waals surface area contributed by atoms with E-state index in [1.807, 2.05) is 37.3 Å². The van der Waals surface area contributed by atoms with E-state index >= 15 is 0 Å². The fraction of sp³-hybridized carbons (Fsp3) is 0.143. The van der Waals surface area contributed by atoms with E-state index in [-0.39, 0.29) is 0 Å². The minimum absolute atomic E-state index is 0.734. The van der Waals surface area contributed by atoms with Crippen LogP contribution < -0.4 is 0 Å². The van der Waals surface area contributed by atoms with Gasteiger partial charge in [0.1, 0.15) is 11.5 Å². The van der Waals surface area contributed by atoms with Crippen LogP contribution in [0.1, 0.15) is 11.5 Å². The van der Waals surface area contributed by atoms with Crippen molar-refractivity contribution in [1.82, 2.24) is 4.57 Å². The molecule has 0 unspecified atom stereocenters. The minimum atomic E-state index is 0.734.